The molecular weight excluding hydrogens is 390 g/mol. The predicted octanol–water partition coefficient (Wildman–Crippen LogP) is 4.47. The van der Waals surface area contributed by atoms with Gasteiger partial charge in [0.15, 0.2) is 0 Å². The van der Waals surface area contributed by atoms with E-state index >= 15 is 0 Å². The van der Waals surface area contributed by atoms with Gasteiger partial charge in [0.05, 0.1) is 0 Å². The number of carbonyl (C=O) groups excluding carboxylic acids is 2. The Morgan fingerprint density at radius 2 is 1.67 bits per heavy atom. The van der Waals surface area contributed by atoms with Gasteiger partial charge in [0.1, 0.15) is 5.75 Å². The molecule has 0 unspecified atom stereocenters. The first-order chi connectivity index (χ1) is 14.4. The molecular formula is C23H26F2N2O3. The van der Waals surface area contributed by atoms with Crippen LogP contribution >= 0.6 is 0 Å². The van der Waals surface area contributed by atoms with Crippen LogP contribution in [0.4, 0.5) is 8.78 Å². The molecule has 0 aromatic heterocycles. The lowest BCUT2D eigenvalue weighted by Crippen LogP contribution is -2.38. The lowest BCUT2D eigenvalue weighted by Gasteiger charge is -2.25. The Labute approximate surface area is 175 Å². The van der Waals surface area contributed by atoms with Crippen molar-refractivity contribution in [3.8, 4) is 16.9 Å². The molecule has 1 aliphatic rings. The lowest BCUT2D eigenvalue weighted by molar-refractivity contribution is -0.121. The first-order valence-corrected chi connectivity index (χ1v) is 10.1. The van der Waals surface area contributed by atoms with E-state index in [4.69, 9.17) is 0 Å². The van der Waals surface area contributed by atoms with E-state index in [1.54, 1.807) is 36.2 Å². The zero-order valence-corrected chi connectivity index (χ0v) is 17.1. The van der Waals surface area contributed by atoms with Gasteiger partial charge in [-0.25, -0.2) is 0 Å². The molecule has 0 saturated heterocycles. The van der Waals surface area contributed by atoms with E-state index in [0.29, 0.717) is 12.0 Å². The molecule has 0 heterocycles. The zero-order valence-electron chi connectivity index (χ0n) is 17.1. The number of carbonyl (C=O) groups is 2. The number of ether oxygens (including phenoxy) is 1. The molecule has 0 aliphatic heterocycles. The molecule has 160 valence electrons. The van der Waals surface area contributed by atoms with Gasteiger partial charge in [0, 0.05) is 31.1 Å². The molecule has 1 fully saturated rings. The van der Waals surface area contributed by atoms with E-state index in [1.807, 2.05) is 19.1 Å². The van der Waals surface area contributed by atoms with Crippen molar-refractivity contribution in [1.29, 1.82) is 0 Å². The summed E-state index contributed by atoms with van der Waals surface area (Å²) in [5.41, 5.74) is 2.30. The Kier molecular flexibility index (Phi) is 7.03. The Balaban J connectivity index is 1.61. The van der Waals surface area contributed by atoms with Crippen molar-refractivity contribution < 1.29 is 23.1 Å². The van der Waals surface area contributed by atoms with Crippen LogP contribution < -0.4 is 10.1 Å². The molecule has 0 bridgehead atoms. The summed E-state index contributed by atoms with van der Waals surface area (Å²) in [5, 5.41) is 3.00. The Morgan fingerprint density at radius 3 is 2.23 bits per heavy atom. The SMILES string of the molecule is CCC(=O)N[C@H]1CC[C@@H](N(C)C(=O)c2ccc(-c3ccc(OC(F)F)cc3)cc2)C1. The molecule has 3 rings (SSSR count). The van der Waals surface area contributed by atoms with Gasteiger partial charge in [0.25, 0.3) is 5.91 Å². The second-order valence-corrected chi connectivity index (χ2v) is 7.48. The minimum atomic E-state index is -2.85. The minimum absolute atomic E-state index is 0.0408. The fourth-order valence-corrected chi connectivity index (χ4v) is 3.77. The normalized spacial score (nSPS) is 18.3. The van der Waals surface area contributed by atoms with Gasteiger partial charge in [-0.1, -0.05) is 31.2 Å². The molecule has 2 aromatic rings. The summed E-state index contributed by atoms with van der Waals surface area (Å²) in [6, 6.07) is 13.8. The summed E-state index contributed by atoms with van der Waals surface area (Å²) in [6.07, 6.45) is 2.96. The highest BCUT2D eigenvalue weighted by Crippen LogP contribution is 2.26. The molecule has 7 heteroatoms. The van der Waals surface area contributed by atoms with Crippen molar-refractivity contribution in [2.24, 2.45) is 0 Å². The van der Waals surface area contributed by atoms with Crippen molar-refractivity contribution in [3.05, 3.63) is 54.1 Å². The number of rotatable bonds is 7. The maximum Gasteiger partial charge on any atom is 0.387 e. The molecule has 0 radical (unpaired) electrons. The molecule has 5 nitrogen and oxygen atoms in total. The van der Waals surface area contributed by atoms with Crippen LogP contribution in [0, 0.1) is 0 Å². The summed E-state index contributed by atoms with van der Waals surface area (Å²) in [7, 11) is 1.80. The fraction of sp³-hybridized carbons (Fsp3) is 0.391. The molecule has 30 heavy (non-hydrogen) atoms. The highest BCUT2D eigenvalue weighted by molar-refractivity contribution is 5.94. The summed E-state index contributed by atoms with van der Waals surface area (Å²) < 4.78 is 28.9. The number of amides is 2. The monoisotopic (exact) mass is 416 g/mol. The third-order valence-corrected chi connectivity index (χ3v) is 5.50. The second kappa shape index (κ2) is 9.69. The van der Waals surface area contributed by atoms with Crippen LogP contribution in [0.5, 0.6) is 5.75 Å². The maximum atomic E-state index is 12.9. The number of alkyl halides is 2. The molecule has 0 spiro atoms. The Morgan fingerprint density at radius 1 is 1.07 bits per heavy atom. The maximum absolute atomic E-state index is 12.9. The quantitative estimate of drug-likeness (QED) is 0.724. The molecule has 2 aromatic carbocycles. The molecule has 1 aliphatic carbocycles. The van der Waals surface area contributed by atoms with Crippen LogP contribution in [0.2, 0.25) is 0 Å². The summed E-state index contributed by atoms with van der Waals surface area (Å²) in [5.74, 6) is 0.0842. The van der Waals surface area contributed by atoms with Crippen LogP contribution in [-0.4, -0.2) is 42.5 Å². The average Bonchev–Trinajstić information content (AvgIpc) is 3.21. The zero-order chi connectivity index (χ0) is 21.7. The Bertz CT molecular complexity index is 869. The second-order valence-electron chi connectivity index (χ2n) is 7.48. The highest BCUT2D eigenvalue weighted by atomic mass is 19.3. The topological polar surface area (TPSA) is 58.6 Å². The van der Waals surface area contributed by atoms with Crippen molar-refractivity contribution in [2.75, 3.05) is 7.05 Å². The van der Waals surface area contributed by atoms with Gasteiger partial charge < -0.3 is 15.0 Å². The summed E-state index contributed by atoms with van der Waals surface area (Å²) >= 11 is 0. The van der Waals surface area contributed by atoms with Crippen LogP contribution in [0.3, 0.4) is 0 Å². The van der Waals surface area contributed by atoms with E-state index in [2.05, 4.69) is 10.1 Å². The third-order valence-electron chi connectivity index (χ3n) is 5.50. The standard InChI is InChI=1S/C23H26F2N2O3/c1-3-21(28)26-18-10-11-19(14-18)27(2)22(29)17-6-4-15(5-7-17)16-8-12-20(13-9-16)30-23(24)25/h4-9,12-13,18-19,23H,3,10-11,14H2,1-2H3,(H,26,28)/t18-,19+/m0/s1. The van der Waals surface area contributed by atoms with Gasteiger partial charge in [0.2, 0.25) is 5.91 Å². The van der Waals surface area contributed by atoms with Crippen LogP contribution in [0.1, 0.15) is 43.0 Å². The van der Waals surface area contributed by atoms with Crippen molar-refractivity contribution in [3.63, 3.8) is 0 Å². The number of halogens is 2. The predicted molar refractivity (Wildman–Crippen MR) is 110 cm³/mol. The van der Waals surface area contributed by atoms with Gasteiger partial charge in [-0.3, -0.25) is 9.59 Å². The van der Waals surface area contributed by atoms with E-state index in [1.165, 1.54) is 12.1 Å². The van der Waals surface area contributed by atoms with Gasteiger partial charge in [-0.15, -0.1) is 0 Å². The molecule has 2 atom stereocenters. The van der Waals surface area contributed by atoms with Gasteiger partial charge in [-0.05, 0) is 54.7 Å². The Hall–Kier alpha value is -2.96. The third kappa shape index (κ3) is 5.34. The number of hydrogen-bond acceptors (Lipinski definition) is 3. The average molecular weight is 416 g/mol. The van der Waals surface area contributed by atoms with Crippen molar-refractivity contribution in [1.82, 2.24) is 10.2 Å². The van der Waals surface area contributed by atoms with Crippen molar-refractivity contribution in [2.45, 2.75) is 51.3 Å². The number of nitrogens with one attached hydrogen (secondary N) is 1. The smallest absolute Gasteiger partial charge is 0.387 e. The number of benzene rings is 2. The molecule has 1 saturated carbocycles. The van der Waals surface area contributed by atoms with Crippen LogP contribution in [-0.2, 0) is 4.79 Å². The van der Waals surface area contributed by atoms with E-state index in [-0.39, 0.29) is 29.6 Å². The van der Waals surface area contributed by atoms with Crippen LogP contribution in [0.25, 0.3) is 11.1 Å². The van der Waals surface area contributed by atoms with E-state index in [0.717, 1.165) is 30.4 Å². The van der Waals surface area contributed by atoms with Crippen LogP contribution in [0.15, 0.2) is 48.5 Å². The molecule has 2 amide bonds. The van der Waals surface area contributed by atoms with E-state index in [9.17, 15) is 18.4 Å². The highest BCUT2D eigenvalue weighted by Gasteiger charge is 2.30. The number of nitrogens with zero attached hydrogens (tertiary/aromatic N) is 1. The largest absolute Gasteiger partial charge is 0.435 e. The molecule has 1 N–H and O–H groups in total. The minimum Gasteiger partial charge on any atom is -0.435 e. The number of hydrogen-bond donors (Lipinski definition) is 1. The van der Waals surface area contributed by atoms with Gasteiger partial charge in [-0.2, -0.15) is 8.78 Å². The fourth-order valence-electron chi connectivity index (χ4n) is 3.77. The van der Waals surface area contributed by atoms with E-state index < -0.39 is 6.61 Å². The first kappa shape index (κ1) is 21.7. The van der Waals surface area contributed by atoms with Crippen molar-refractivity contribution >= 4 is 11.8 Å². The lowest BCUT2D eigenvalue weighted by atomic mass is 10.0. The first-order valence-electron chi connectivity index (χ1n) is 10.1. The van der Waals surface area contributed by atoms with Gasteiger partial charge >= 0.3 is 6.61 Å². The summed E-state index contributed by atoms with van der Waals surface area (Å²) in [4.78, 5) is 26.2. The summed E-state index contributed by atoms with van der Waals surface area (Å²) in [6.45, 7) is -1.02.